The number of H-pyrrole nitrogens is 1. The summed E-state index contributed by atoms with van der Waals surface area (Å²) in [4.78, 5) is 7.73. The van der Waals surface area contributed by atoms with Gasteiger partial charge in [-0.05, 0) is 0 Å². The summed E-state index contributed by atoms with van der Waals surface area (Å²) in [7, 11) is 0. The van der Waals surface area contributed by atoms with Gasteiger partial charge in [0.2, 0.25) is 0 Å². The molecular formula is C12H23N3S. The number of hydrogen-bond donors (Lipinski definition) is 2. The summed E-state index contributed by atoms with van der Waals surface area (Å²) in [5.74, 6) is 2.02. The smallest absolute Gasteiger partial charge is 0.116 e. The molecule has 3 nitrogen and oxygen atoms in total. The van der Waals surface area contributed by atoms with E-state index in [2.05, 4.69) is 49.9 Å². The lowest BCUT2D eigenvalue weighted by Crippen LogP contribution is -2.21. The van der Waals surface area contributed by atoms with Gasteiger partial charge in [-0.2, -0.15) is 0 Å². The van der Waals surface area contributed by atoms with Crippen molar-refractivity contribution in [3.8, 4) is 0 Å². The van der Waals surface area contributed by atoms with Crippen molar-refractivity contribution in [1.82, 2.24) is 15.3 Å². The van der Waals surface area contributed by atoms with Gasteiger partial charge in [0.25, 0.3) is 0 Å². The third-order valence-corrected chi connectivity index (χ3v) is 3.31. The summed E-state index contributed by atoms with van der Waals surface area (Å²) in [6, 6.07) is 0.510. The second-order valence-corrected chi connectivity index (χ2v) is 7.09. The van der Waals surface area contributed by atoms with Gasteiger partial charge >= 0.3 is 0 Å². The van der Waals surface area contributed by atoms with Crippen LogP contribution in [-0.2, 0) is 12.3 Å². The van der Waals surface area contributed by atoms with Crippen LogP contribution in [0.15, 0.2) is 6.20 Å². The van der Waals surface area contributed by atoms with Gasteiger partial charge in [0, 0.05) is 29.2 Å². The molecule has 0 aliphatic carbocycles. The molecule has 2 N–H and O–H groups in total. The number of aromatic amines is 1. The average Bonchev–Trinajstić information content (AvgIpc) is 2.58. The number of thioether (sulfide) groups is 1. The summed E-state index contributed by atoms with van der Waals surface area (Å²) < 4.78 is 0.295. The Hall–Kier alpha value is -0.480. The van der Waals surface area contributed by atoms with Crippen molar-refractivity contribution in [3.63, 3.8) is 0 Å². The Kier molecular flexibility index (Phi) is 4.87. The highest BCUT2D eigenvalue weighted by Crippen LogP contribution is 2.25. The third kappa shape index (κ3) is 5.56. The molecule has 0 aliphatic heterocycles. The van der Waals surface area contributed by atoms with E-state index in [9.17, 15) is 0 Å². The van der Waals surface area contributed by atoms with Crippen LogP contribution in [0.4, 0.5) is 0 Å². The minimum absolute atomic E-state index is 0.295. The van der Waals surface area contributed by atoms with Gasteiger partial charge in [-0.25, -0.2) is 4.98 Å². The number of aromatic nitrogens is 2. The van der Waals surface area contributed by atoms with E-state index < -0.39 is 0 Å². The van der Waals surface area contributed by atoms with Gasteiger partial charge < -0.3 is 10.3 Å². The molecule has 0 bridgehead atoms. The van der Waals surface area contributed by atoms with Crippen LogP contribution in [0.3, 0.4) is 0 Å². The molecule has 92 valence electrons. The highest BCUT2D eigenvalue weighted by Gasteiger charge is 2.11. The van der Waals surface area contributed by atoms with E-state index in [1.165, 1.54) is 5.69 Å². The van der Waals surface area contributed by atoms with E-state index in [0.717, 1.165) is 18.1 Å². The van der Waals surface area contributed by atoms with Crippen LogP contribution in [0.2, 0.25) is 0 Å². The van der Waals surface area contributed by atoms with E-state index in [0.29, 0.717) is 10.8 Å². The van der Waals surface area contributed by atoms with E-state index in [-0.39, 0.29) is 0 Å². The molecule has 0 amide bonds. The maximum absolute atomic E-state index is 4.38. The lowest BCUT2D eigenvalue weighted by Gasteiger charge is -2.16. The molecule has 0 aromatic carbocycles. The zero-order chi connectivity index (χ0) is 12.2. The Labute approximate surface area is 103 Å². The largest absolute Gasteiger partial charge is 0.344 e. The van der Waals surface area contributed by atoms with Crippen LogP contribution < -0.4 is 5.32 Å². The predicted molar refractivity (Wildman–Crippen MR) is 71.6 cm³/mol. The molecule has 0 aliphatic rings. The summed E-state index contributed by atoms with van der Waals surface area (Å²) >= 11 is 1.91. The first kappa shape index (κ1) is 13.6. The zero-order valence-corrected chi connectivity index (χ0v) is 11.7. The normalized spacial score (nSPS) is 12.4. The Morgan fingerprint density at radius 2 is 2.12 bits per heavy atom. The Morgan fingerprint density at radius 1 is 1.44 bits per heavy atom. The van der Waals surface area contributed by atoms with E-state index >= 15 is 0 Å². The van der Waals surface area contributed by atoms with Crippen molar-refractivity contribution in [3.05, 3.63) is 17.7 Å². The first-order chi connectivity index (χ1) is 7.37. The summed E-state index contributed by atoms with van der Waals surface area (Å²) in [5, 5.41) is 3.37. The van der Waals surface area contributed by atoms with Gasteiger partial charge in [0.15, 0.2) is 0 Å². The topological polar surface area (TPSA) is 40.7 Å². The molecule has 0 atom stereocenters. The van der Waals surface area contributed by atoms with E-state index in [1.807, 2.05) is 18.0 Å². The van der Waals surface area contributed by atoms with Crippen LogP contribution in [0.25, 0.3) is 0 Å². The molecule has 1 rings (SSSR count). The second-order valence-electron chi connectivity index (χ2n) is 5.29. The number of imidazole rings is 1. The first-order valence-electron chi connectivity index (χ1n) is 5.77. The van der Waals surface area contributed by atoms with Gasteiger partial charge in [0.05, 0.1) is 5.75 Å². The molecule has 4 heteroatoms. The number of hydrogen-bond acceptors (Lipinski definition) is 3. The lowest BCUT2D eigenvalue weighted by atomic mass is 10.3. The van der Waals surface area contributed by atoms with E-state index in [4.69, 9.17) is 0 Å². The maximum Gasteiger partial charge on any atom is 0.116 e. The summed E-state index contributed by atoms with van der Waals surface area (Å²) in [6.07, 6.45) is 1.92. The molecule has 0 fully saturated rings. The fourth-order valence-corrected chi connectivity index (χ4v) is 1.88. The van der Waals surface area contributed by atoms with Crippen LogP contribution in [0.1, 0.15) is 46.1 Å². The van der Waals surface area contributed by atoms with Gasteiger partial charge in [-0.3, -0.25) is 0 Å². The predicted octanol–water partition coefficient (Wildman–Crippen LogP) is 2.94. The fourth-order valence-electron chi connectivity index (χ4n) is 1.17. The van der Waals surface area contributed by atoms with E-state index in [1.54, 1.807) is 0 Å². The summed E-state index contributed by atoms with van der Waals surface area (Å²) in [6.45, 7) is 11.8. The first-order valence-corrected chi connectivity index (χ1v) is 6.75. The number of rotatable bonds is 5. The molecular weight excluding hydrogens is 218 g/mol. The van der Waals surface area contributed by atoms with Crippen LogP contribution in [0.5, 0.6) is 0 Å². The highest BCUT2D eigenvalue weighted by atomic mass is 32.2. The van der Waals surface area contributed by atoms with Crippen molar-refractivity contribution in [2.45, 2.75) is 57.7 Å². The van der Waals surface area contributed by atoms with Crippen molar-refractivity contribution >= 4 is 11.8 Å². The molecule has 1 aromatic heterocycles. The Balaban J connectivity index is 2.39. The molecule has 0 saturated carbocycles. The summed E-state index contributed by atoms with van der Waals surface area (Å²) in [5.41, 5.74) is 1.17. The van der Waals surface area contributed by atoms with Crippen molar-refractivity contribution in [2.75, 3.05) is 0 Å². The molecule has 1 heterocycles. The monoisotopic (exact) mass is 241 g/mol. The lowest BCUT2D eigenvalue weighted by molar-refractivity contribution is 0.582. The molecule has 0 unspecified atom stereocenters. The number of nitrogens with zero attached hydrogens (tertiary/aromatic N) is 1. The van der Waals surface area contributed by atoms with Gasteiger partial charge in [0.1, 0.15) is 5.82 Å². The van der Waals surface area contributed by atoms with Crippen LogP contribution in [0, 0.1) is 0 Å². The Morgan fingerprint density at radius 3 is 2.69 bits per heavy atom. The molecule has 0 spiro atoms. The van der Waals surface area contributed by atoms with Crippen LogP contribution in [-0.4, -0.2) is 20.8 Å². The molecule has 0 saturated heterocycles. The quantitative estimate of drug-likeness (QED) is 0.832. The zero-order valence-electron chi connectivity index (χ0n) is 10.9. The SMILES string of the molecule is CC(C)NCc1cnc(CSC(C)(C)C)[nH]1. The minimum Gasteiger partial charge on any atom is -0.344 e. The third-order valence-electron chi connectivity index (χ3n) is 2.02. The number of nitrogens with one attached hydrogen (secondary N) is 2. The fraction of sp³-hybridized carbons (Fsp3) is 0.750. The Bertz CT molecular complexity index is 312. The standard InChI is InChI=1S/C12H23N3S/c1-9(2)13-6-10-7-14-11(15-10)8-16-12(3,4)5/h7,9,13H,6,8H2,1-5H3,(H,14,15). The van der Waals surface area contributed by atoms with Crippen LogP contribution >= 0.6 is 11.8 Å². The van der Waals surface area contributed by atoms with Gasteiger partial charge in [-0.1, -0.05) is 34.6 Å². The van der Waals surface area contributed by atoms with Gasteiger partial charge in [-0.15, -0.1) is 11.8 Å². The minimum atomic E-state index is 0.295. The highest BCUT2D eigenvalue weighted by molar-refractivity contribution is 7.99. The van der Waals surface area contributed by atoms with Crippen molar-refractivity contribution in [1.29, 1.82) is 0 Å². The average molecular weight is 241 g/mol. The molecule has 0 radical (unpaired) electrons. The maximum atomic E-state index is 4.38. The molecule has 16 heavy (non-hydrogen) atoms. The molecule has 1 aromatic rings. The second kappa shape index (κ2) is 5.73. The van der Waals surface area contributed by atoms with Crippen molar-refractivity contribution < 1.29 is 0 Å². The van der Waals surface area contributed by atoms with Crippen molar-refractivity contribution in [2.24, 2.45) is 0 Å².